The number of carboxylic acid groups (broad SMARTS) is 1. The lowest BCUT2D eigenvalue weighted by Gasteiger charge is -2.37. The highest BCUT2D eigenvalue weighted by molar-refractivity contribution is 6.00. The molecule has 2 rings (SSSR count). The zero-order valence-electron chi connectivity index (χ0n) is 11.4. The molecular formula is C14H19N3O3. The molecule has 0 bridgehead atoms. The van der Waals surface area contributed by atoms with Crippen LogP contribution in [0.5, 0.6) is 0 Å². The number of aromatic nitrogens is 1. The number of carbonyl (C=O) groups is 2. The van der Waals surface area contributed by atoms with E-state index in [1.807, 2.05) is 6.92 Å². The van der Waals surface area contributed by atoms with Crippen LogP contribution in [0.15, 0.2) is 18.3 Å². The number of nitrogen functional groups attached to an aromatic ring is 1. The monoisotopic (exact) mass is 277 g/mol. The molecule has 6 heteroatoms. The second-order valence-electron chi connectivity index (χ2n) is 5.48. The molecule has 1 fully saturated rings. The Hall–Kier alpha value is -2.11. The topological polar surface area (TPSA) is 105 Å². The van der Waals surface area contributed by atoms with Crippen molar-refractivity contribution in [3.8, 4) is 0 Å². The van der Waals surface area contributed by atoms with E-state index in [0.717, 1.165) is 12.8 Å². The van der Waals surface area contributed by atoms with Crippen LogP contribution < -0.4 is 11.1 Å². The quantitative estimate of drug-likeness (QED) is 0.775. The Kier molecular flexibility index (Phi) is 3.92. The summed E-state index contributed by atoms with van der Waals surface area (Å²) in [5.41, 5.74) is 4.81. The van der Waals surface area contributed by atoms with Gasteiger partial charge in [0.05, 0.1) is 5.69 Å². The smallest absolute Gasteiger partial charge is 0.329 e. The molecule has 6 nitrogen and oxygen atoms in total. The third-order valence-electron chi connectivity index (χ3n) is 3.81. The summed E-state index contributed by atoms with van der Waals surface area (Å²) >= 11 is 0. The number of carboxylic acids is 1. The van der Waals surface area contributed by atoms with Gasteiger partial charge in [0.2, 0.25) is 0 Å². The molecule has 0 spiro atoms. The highest BCUT2D eigenvalue weighted by atomic mass is 16.4. The van der Waals surface area contributed by atoms with Crippen LogP contribution in [0.25, 0.3) is 0 Å². The van der Waals surface area contributed by atoms with Gasteiger partial charge in [0.25, 0.3) is 5.91 Å². The van der Waals surface area contributed by atoms with Gasteiger partial charge in [-0.05, 0) is 30.9 Å². The van der Waals surface area contributed by atoms with E-state index < -0.39 is 17.4 Å². The predicted molar refractivity (Wildman–Crippen MR) is 74.1 cm³/mol. The van der Waals surface area contributed by atoms with Crippen molar-refractivity contribution >= 4 is 17.6 Å². The summed E-state index contributed by atoms with van der Waals surface area (Å²) in [6.45, 7) is 2.00. The maximum absolute atomic E-state index is 12.2. The van der Waals surface area contributed by atoms with Gasteiger partial charge in [-0.15, -0.1) is 0 Å². The summed E-state index contributed by atoms with van der Waals surface area (Å²) in [4.78, 5) is 27.8. The van der Waals surface area contributed by atoms with Crippen molar-refractivity contribution < 1.29 is 14.7 Å². The number of carbonyl (C=O) groups excluding carboxylic acids is 1. The summed E-state index contributed by atoms with van der Waals surface area (Å²) in [5, 5.41) is 12.1. The minimum Gasteiger partial charge on any atom is -0.480 e. The van der Waals surface area contributed by atoms with Crippen molar-refractivity contribution in [1.82, 2.24) is 10.3 Å². The summed E-state index contributed by atoms with van der Waals surface area (Å²) < 4.78 is 0. The van der Waals surface area contributed by atoms with E-state index in [0.29, 0.717) is 12.8 Å². The van der Waals surface area contributed by atoms with E-state index >= 15 is 0 Å². The van der Waals surface area contributed by atoms with Crippen molar-refractivity contribution in [3.63, 3.8) is 0 Å². The summed E-state index contributed by atoms with van der Waals surface area (Å²) in [6.07, 6.45) is 4.09. The molecule has 1 amide bonds. The Labute approximate surface area is 117 Å². The molecule has 1 aliphatic carbocycles. The van der Waals surface area contributed by atoms with Crippen LogP contribution in [0.3, 0.4) is 0 Å². The Morgan fingerprint density at radius 2 is 2.30 bits per heavy atom. The van der Waals surface area contributed by atoms with Gasteiger partial charge in [-0.1, -0.05) is 19.8 Å². The second kappa shape index (κ2) is 5.48. The molecule has 0 saturated heterocycles. The first-order chi connectivity index (χ1) is 9.44. The first-order valence-electron chi connectivity index (χ1n) is 6.71. The molecule has 4 N–H and O–H groups in total. The number of amides is 1. The molecule has 20 heavy (non-hydrogen) atoms. The van der Waals surface area contributed by atoms with E-state index in [-0.39, 0.29) is 17.3 Å². The molecule has 1 aromatic rings. The maximum atomic E-state index is 12.2. The molecule has 1 aromatic heterocycles. The third kappa shape index (κ3) is 2.74. The minimum absolute atomic E-state index is 0.0753. The van der Waals surface area contributed by atoms with Crippen molar-refractivity contribution in [1.29, 1.82) is 0 Å². The largest absolute Gasteiger partial charge is 0.480 e. The SMILES string of the molecule is CC1CCCC(NC(=O)c2ncccc2N)(C(=O)O)C1. The summed E-state index contributed by atoms with van der Waals surface area (Å²) in [6, 6.07) is 3.20. The second-order valence-corrected chi connectivity index (χ2v) is 5.48. The van der Waals surface area contributed by atoms with Crippen molar-refractivity contribution in [2.24, 2.45) is 5.92 Å². The first kappa shape index (κ1) is 14.3. The van der Waals surface area contributed by atoms with Crippen LogP contribution in [-0.2, 0) is 4.79 Å². The number of anilines is 1. The van der Waals surface area contributed by atoms with Gasteiger partial charge in [0.1, 0.15) is 5.54 Å². The van der Waals surface area contributed by atoms with Crippen molar-refractivity contribution in [3.05, 3.63) is 24.0 Å². The Morgan fingerprint density at radius 1 is 1.55 bits per heavy atom. The fourth-order valence-electron chi connectivity index (χ4n) is 2.80. The minimum atomic E-state index is -1.21. The molecule has 0 aromatic carbocycles. The molecular weight excluding hydrogens is 258 g/mol. The number of nitrogens with one attached hydrogen (secondary N) is 1. The van der Waals surface area contributed by atoms with Gasteiger partial charge in [-0.3, -0.25) is 4.79 Å². The van der Waals surface area contributed by atoms with Gasteiger partial charge in [-0.25, -0.2) is 9.78 Å². The molecule has 108 valence electrons. The van der Waals surface area contributed by atoms with E-state index in [1.165, 1.54) is 6.20 Å². The zero-order chi connectivity index (χ0) is 14.8. The van der Waals surface area contributed by atoms with E-state index in [1.54, 1.807) is 12.1 Å². The molecule has 2 atom stereocenters. The predicted octanol–water partition coefficient (Wildman–Crippen LogP) is 1.43. The van der Waals surface area contributed by atoms with Gasteiger partial charge in [0.15, 0.2) is 5.69 Å². The lowest BCUT2D eigenvalue weighted by atomic mass is 9.76. The van der Waals surface area contributed by atoms with Crippen LogP contribution in [0.2, 0.25) is 0 Å². The van der Waals surface area contributed by atoms with Crippen LogP contribution in [0.1, 0.15) is 43.1 Å². The number of hydrogen-bond donors (Lipinski definition) is 3. The Morgan fingerprint density at radius 3 is 2.90 bits per heavy atom. The molecule has 1 heterocycles. The van der Waals surface area contributed by atoms with Crippen molar-refractivity contribution in [2.45, 2.75) is 38.1 Å². The number of nitrogens with zero attached hydrogens (tertiary/aromatic N) is 1. The first-order valence-corrected chi connectivity index (χ1v) is 6.71. The van der Waals surface area contributed by atoms with E-state index in [9.17, 15) is 14.7 Å². The average Bonchev–Trinajstić information content (AvgIpc) is 2.38. The Bertz CT molecular complexity index is 532. The fraction of sp³-hybridized carbons (Fsp3) is 0.500. The van der Waals surface area contributed by atoms with E-state index in [4.69, 9.17) is 5.73 Å². The van der Waals surface area contributed by atoms with Gasteiger partial charge < -0.3 is 16.2 Å². The van der Waals surface area contributed by atoms with Gasteiger partial charge in [-0.2, -0.15) is 0 Å². The normalized spacial score (nSPS) is 25.9. The van der Waals surface area contributed by atoms with Gasteiger partial charge in [0, 0.05) is 6.20 Å². The molecule has 0 radical (unpaired) electrons. The highest BCUT2D eigenvalue weighted by Gasteiger charge is 2.43. The number of rotatable bonds is 3. The number of pyridine rings is 1. The molecule has 0 aliphatic heterocycles. The lowest BCUT2D eigenvalue weighted by molar-refractivity contribution is -0.146. The lowest BCUT2D eigenvalue weighted by Crippen LogP contribution is -2.57. The van der Waals surface area contributed by atoms with Gasteiger partial charge >= 0.3 is 5.97 Å². The van der Waals surface area contributed by atoms with Crippen LogP contribution >= 0.6 is 0 Å². The molecule has 1 saturated carbocycles. The highest BCUT2D eigenvalue weighted by Crippen LogP contribution is 2.33. The fourth-order valence-corrected chi connectivity index (χ4v) is 2.80. The number of aliphatic carboxylic acids is 1. The number of hydrogen-bond acceptors (Lipinski definition) is 4. The van der Waals surface area contributed by atoms with Crippen LogP contribution in [0, 0.1) is 5.92 Å². The third-order valence-corrected chi connectivity index (χ3v) is 3.81. The molecule has 1 aliphatic rings. The summed E-state index contributed by atoms with van der Waals surface area (Å²) in [7, 11) is 0. The van der Waals surface area contributed by atoms with Crippen LogP contribution in [0.4, 0.5) is 5.69 Å². The number of nitrogens with two attached hydrogens (primary N) is 1. The Balaban J connectivity index is 2.23. The average molecular weight is 277 g/mol. The van der Waals surface area contributed by atoms with Crippen LogP contribution in [-0.4, -0.2) is 27.5 Å². The van der Waals surface area contributed by atoms with Crippen molar-refractivity contribution in [2.75, 3.05) is 5.73 Å². The standard InChI is InChI=1S/C14H19N3O3/c1-9-4-2-6-14(8-9,13(19)20)17-12(18)11-10(15)5-3-7-16-11/h3,5,7,9H,2,4,6,8,15H2,1H3,(H,17,18)(H,19,20). The maximum Gasteiger partial charge on any atom is 0.329 e. The zero-order valence-corrected chi connectivity index (χ0v) is 11.4. The summed E-state index contributed by atoms with van der Waals surface area (Å²) in [5.74, 6) is -1.26. The molecule has 2 unspecified atom stereocenters. The van der Waals surface area contributed by atoms with E-state index in [2.05, 4.69) is 10.3 Å².